The first kappa shape index (κ1) is 20.5. The fourth-order valence-electron chi connectivity index (χ4n) is 2.60. The molecule has 10 heteroatoms. The molecule has 9 nitrogen and oxygen atoms in total. The van der Waals surface area contributed by atoms with Gasteiger partial charge in [0.2, 0.25) is 0 Å². The van der Waals surface area contributed by atoms with Gasteiger partial charge >= 0.3 is 12.1 Å². The van der Waals surface area contributed by atoms with Crippen LogP contribution in [0, 0.1) is 0 Å². The van der Waals surface area contributed by atoms with Crippen LogP contribution in [-0.2, 0) is 6.54 Å². The van der Waals surface area contributed by atoms with Crippen LogP contribution in [-0.4, -0.2) is 38.7 Å². The van der Waals surface area contributed by atoms with Gasteiger partial charge in [-0.1, -0.05) is 19.8 Å². The van der Waals surface area contributed by atoms with Gasteiger partial charge in [0.05, 0.1) is 17.6 Å². The molecule has 0 unspecified atom stereocenters. The highest BCUT2D eigenvalue weighted by atomic mass is 32.1. The number of unbranched alkanes of at least 4 members (excludes halogenated alkanes) is 2. The van der Waals surface area contributed by atoms with Gasteiger partial charge < -0.3 is 15.7 Å². The van der Waals surface area contributed by atoms with E-state index in [-0.39, 0.29) is 12.6 Å². The topological polar surface area (TPSA) is 129 Å². The number of hydrogen-bond acceptors (Lipinski definition) is 6. The number of nitrogens with one attached hydrogen (secondary N) is 3. The highest BCUT2D eigenvalue weighted by Crippen LogP contribution is 2.27. The summed E-state index contributed by atoms with van der Waals surface area (Å²) in [6, 6.07) is 6.85. The monoisotopic (exact) mass is 414 g/mol. The number of fused-ring (bicyclic) bond motifs is 1. The molecule has 152 valence electrons. The molecular formula is C19H22N6O3S. The summed E-state index contributed by atoms with van der Waals surface area (Å²) in [5.74, 6) is 0.398. The lowest BCUT2D eigenvalue weighted by atomic mass is 10.2. The third-order valence-electron chi connectivity index (χ3n) is 4.04. The Morgan fingerprint density at radius 3 is 2.76 bits per heavy atom. The van der Waals surface area contributed by atoms with Crippen LogP contribution in [0.3, 0.4) is 0 Å². The van der Waals surface area contributed by atoms with E-state index in [4.69, 9.17) is 5.11 Å². The zero-order valence-electron chi connectivity index (χ0n) is 15.9. The predicted molar refractivity (Wildman–Crippen MR) is 112 cm³/mol. The largest absolute Gasteiger partial charge is 0.465 e. The van der Waals surface area contributed by atoms with Gasteiger partial charge in [-0.15, -0.1) is 11.3 Å². The lowest BCUT2D eigenvalue weighted by Crippen LogP contribution is -2.29. The van der Waals surface area contributed by atoms with E-state index in [0.29, 0.717) is 29.2 Å². The van der Waals surface area contributed by atoms with Crippen LogP contribution in [0.25, 0.3) is 21.7 Å². The maximum atomic E-state index is 12.0. The van der Waals surface area contributed by atoms with Gasteiger partial charge in [-0.2, -0.15) is 0 Å². The number of carbonyl (C=O) groups is 2. The standard InChI is InChI=1S/C19H22N6O3S/c1-2-3-4-9-20-18(26)25-16-8-6-13-17(24-16)23-14(11-21-13)15-7-5-12(29-15)10-22-19(27)28/h5-8,11,22H,2-4,9-10H2,1H3,(H,27,28)(H2,20,23,24,25,26). The molecule has 0 aliphatic rings. The van der Waals surface area contributed by atoms with Crippen LogP contribution >= 0.6 is 11.3 Å². The van der Waals surface area contributed by atoms with E-state index in [1.807, 2.05) is 12.1 Å². The Labute approximate surface area is 171 Å². The number of pyridine rings is 1. The third kappa shape index (κ3) is 5.85. The number of anilines is 1. The van der Waals surface area contributed by atoms with Crippen molar-refractivity contribution in [2.45, 2.75) is 32.7 Å². The first-order valence-electron chi connectivity index (χ1n) is 9.29. The molecule has 0 saturated carbocycles. The van der Waals surface area contributed by atoms with Crippen molar-refractivity contribution in [1.29, 1.82) is 0 Å². The summed E-state index contributed by atoms with van der Waals surface area (Å²) < 4.78 is 0. The van der Waals surface area contributed by atoms with E-state index in [9.17, 15) is 9.59 Å². The highest BCUT2D eigenvalue weighted by molar-refractivity contribution is 7.15. The summed E-state index contributed by atoms with van der Waals surface area (Å²) in [4.78, 5) is 37.6. The van der Waals surface area contributed by atoms with Gasteiger partial charge in [0.1, 0.15) is 17.0 Å². The molecule has 4 N–H and O–H groups in total. The third-order valence-corrected chi connectivity index (χ3v) is 5.15. The Morgan fingerprint density at radius 1 is 1.10 bits per heavy atom. The summed E-state index contributed by atoms with van der Waals surface area (Å²) in [5.41, 5.74) is 1.68. The van der Waals surface area contributed by atoms with Gasteiger partial charge in [0.15, 0.2) is 5.65 Å². The molecule has 0 saturated heterocycles. The minimum Gasteiger partial charge on any atom is -0.465 e. The molecule has 3 aromatic heterocycles. The number of nitrogens with zero attached hydrogens (tertiary/aromatic N) is 3. The van der Waals surface area contributed by atoms with Crippen molar-refractivity contribution in [3.8, 4) is 10.6 Å². The van der Waals surface area contributed by atoms with E-state index in [1.54, 1.807) is 18.3 Å². The van der Waals surface area contributed by atoms with E-state index < -0.39 is 6.09 Å². The Bertz CT molecular complexity index is 1010. The molecule has 29 heavy (non-hydrogen) atoms. The number of carboxylic acid groups (broad SMARTS) is 1. The van der Waals surface area contributed by atoms with Gasteiger partial charge in [0.25, 0.3) is 0 Å². The predicted octanol–water partition coefficient (Wildman–Crippen LogP) is 3.83. The lowest BCUT2D eigenvalue weighted by Gasteiger charge is -2.07. The highest BCUT2D eigenvalue weighted by Gasteiger charge is 2.09. The average molecular weight is 414 g/mol. The minimum atomic E-state index is -1.07. The van der Waals surface area contributed by atoms with Gasteiger partial charge in [-0.3, -0.25) is 10.3 Å². The summed E-state index contributed by atoms with van der Waals surface area (Å²) in [6.45, 7) is 2.97. The number of carbonyl (C=O) groups excluding carboxylic acids is 1. The molecule has 3 rings (SSSR count). The lowest BCUT2D eigenvalue weighted by molar-refractivity contribution is 0.194. The molecule has 0 radical (unpaired) electrons. The molecule has 0 fully saturated rings. The summed E-state index contributed by atoms with van der Waals surface area (Å²) >= 11 is 1.43. The number of amides is 3. The van der Waals surface area contributed by atoms with Crippen molar-refractivity contribution >= 4 is 40.4 Å². The molecular weight excluding hydrogens is 392 g/mol. The Kier molecular flexibility index (Phi) is 6.90. The molecule has 3 aromatic rings. The quantitative estimate of drug-likeness (QED) is 0.415. The first-order chi connectivity index (χ1) is 14.0. The van der Waals surface area contributed by atoms with E-state index in [1.165, 1.54) is 11.3 Å². The molecule has 0 aliphatic carbocycles. The molecule has 0 spiro atoms. The average Bonchev–Trinajstić information content (AvgIpc) is 3.18. The Balaban J connectivity index is 1.70. The van der Waals surface area contributed by atoms with Gasteiger partial charge in [0, 0.05) is 11.4 Å². The van der Waals surface area contributed by atoms with Crippen LogP contribution < -0.4 is 16.0 Å². The number of rotatable bonds is 8. The molecule has 3 heterocycles. The van der Waals surface area contributed by atoms with E-state index >= 15 is 0 Å². The van der Waals surface area contributed by atoms with Crippen LogP contribution in [0.2, 0.25) is 0 Å². The van der Waals surface area contributed by atoms with Gasteiger partial charge in [-0.05, 0) is 30.7 Å². The minimum absolute atomic E-state index is 0.237. The maximum Gasteiger partial charge on any atom is 0.404 e. The first-order valence-corrected chi connectivity index (χ1v) is 10.1. The van der Waals surface area contributed by atoms with Crippen LogP contribution in [0.5, 0.6) is 0 Å². The fourth-order valence-corrected chi connectivity index (χ4v) is 3.50. The Morgan fingerprint density at radius 2 is 1.97 bits per heavy atom. The maximum absolute atomic E-state index is 12.0. The second-order valence-corrected chi connectivity index (χ2v) is 7.48. The zero-order chi connectivity index (χ0) is 20.6. The van der Waals surface area contributed by atoms with Crippen molar-refractivity contribution in [2.75, 3.05) is 11.9 Å². The zero-order valence-corrected chi connectivity index (χ0v) is 16.8. The second kappa shape index (κ2) is 9.78. The van der Waals surface area contributed by atoms with E-state index in [0.717, 1.165) is 29.0 Å². The van der Waals surface area contributed by atoms with E-state index in [2.05, 4.69) is 37.8 Å². The molecule has 3 amide bonds. The molecule has 0 atom stereocenters. The number of aromatic nitrogens is 3. The number of urea groups is 1. The Hall–Kier alpha value is -3.27. The summed E-state index contributed by atoms with van der Waals surface area (Å²) in [7, 11) is 0. The van der Waals surface area contributed by atoms with Crippen LogP contribution in [0.1, 0.15) is 31.1 Å². The fraction of sp³-hybridized carbons (Fsp3) is 0.316. The summed E-state index contributed by atoms with van der Waals surface area (Å²) in [5, 5.41) is 16.6. The van der Waals surface area contributed by atoms with Crippen LogP contribution in [0.15, 0.2) is 30.5 Å². The second-order valence-electron chi connectivity index (χ2n) is 6.31. The SMILES string of the molecule is CCCCCNC(=O)Nc1ccc2ncc(-c3ccc(CNC(=O)O)s3)nc2n1. The molecule has 0 bridgehead atoms. The van der Waals surface area contributed by atoms with Gasteiger partial charge in [-0.25, -0.2) is 19.6 Å². The number of thiophene rings is 1. The summed E-state index contributed by atoms with van der Waals surface area (Å²) in [6.07, 6.45) is 3.69. The smallest absolute Gasteiger partial charge is 0.404 e. The van der Waals surface area contributed by atoms with Crippen molar-refractivity contribution in [1.82, 2.24) is 25.6 Å². The number of hydrogen-bond donors (Lipinski definition) is 4. The van der Waals surface area contributed by atoms with Crippen molar-refractivity contribution in [2.24, 2.45) is 0 Å². The molecule has 0 aliphatic heterocycles. The van der Waals surface area contributed by atoms with Crippen molar-refractivity contribution < 1.29 is 14.7 Å². The normalized spacial score (nSPS) is 10.7. The van der Waals surface area contributed by atoms with Crippen molar-refractivity contribution in [3.05, 3.63) is 35.3 Å². The van der Waals surface area contributed by atoms with Crippen LogP contribution in [0.4, 0.5) is 15.4 Å². The van der Waals surface area contributed by atoms with Crippen molar-refractivity contribution in [3.63, 3.8) is 0 Å². The molecule has 0 aromatic carbocycles.